The van der Waals surface area contributed by atoms with E-state index >= 15 is 0 Å². The first-order valence-electron chi connectivity index (χ1n) is 8.28. The van der Waals surface area contributed by atoms with Crippen molar-refractivity contribution in [3.05, 3.63) is 51.0 Å². The molecule has 1 aliphatic carbocycles. The predicted octanol–water partition coefficient (Wildman–Crippen LogP) is 6.27. The van der Waals surface area contributed by atoms with Gasteiger partial charge in [0.1, 0.15) is 0 Å². The third-order valence-electron chi connectivity index (χ3n) is 3.54. The van der Waals surface area contributed by atoms with Crippen LogP contribution in [0.2, 0.25) is 6.82 Å². The van der Waals surface area contributed by atoms with E-state index in [4.69, 9.17) is 0 Å². The Morgan fingerprint density at radius 2 is 1.48 bits per heavy atom. The van der Waals surface area contributed by atoms with E-state index in [1.54, 1.807) is 5.47 Å². The fourth-order valence-electron chi connectivity index (χ4n) is 2.31. The summed E-state index contributed by atoms with van der Waals surface area (Å²) in [5.74, 6) is 0. The van der Waals surface area contributed by atoms with Crippen LogP contribution in [-0.4, -0.2) is 6.71 Å². The molecule has 0 N–H and O–H groups in total. The van der Waals surface area contributed by atoms with Gasteiger partial charge >= 0.3 is 0 Å². The molecule has 116 valence electrons. The molecule has 2 rings (SSSR count). The first-order valence-corrected chi connectivity index (χ1v) is 9.36. The number of hydrogen-bond acceptors (Lipinski definition) is 0. The quantitative estimate of drug-likeness (QED) is 0.408. The van der Waals surface area contributed by atoms with Gasteiger partial charge in [-0.15, -0.1) is 0 Å². The maximum absolute atomic E-state index is 2.36. The molecule has 0 fully saturated rings. The summed E-state index contributed by atoms with van der Waals surface area (Å²) in [4.78, 5) is 0. The predicted molar refractivity (Wildman–Crippen MR) is 109 cm³/mol. The van der Waals surface area contributed by atoms with Crippen molar-refractivity contribution in [3.8, 4) is 0 Å². The molecule has 0 nitrogen and oxygen atoms in total. The van der Waals surface area contributed by atoms with Crippen LogP contribution in [0.4, 0.5) is 0 Å². The zero-order chi connectivity index (χ0) is 16.3. The molecule has 1 aliphatic rings. The minimum atomic E-state index is 0.550. The molecule has 0 spiro atoms. The molecule has 0 bridgehead atoms. The van der Waals surface area contributed by atoms with Gasteiger partial charge in [0, 0.05) is 3.57 Å². The van der Waals surface area contributed by atoms with Crippen LogP contribution in [-0.2, 0) is 0 Å². The highest BCUT2D eigenvalue weighted by atomic mass is 127. The lowest BCUT2D eigenvalue weighted by Gasteiger charge is -2.12. The molecular weight excluding hydrogens is 366 g/mol. The van der Waals surface area contributed by atoms with Gasteiger partial charge in [0.2, 0.25) is 6.71 Å². The highest BCUT2D eigenvalue weighted by Crippen LogP contribution is 2.19. The molecule has 0 aliphatic heterocycles. The second-order valence-electron chi connectivity index (χ2n) is 4.88. The lowest BCUT2D eigenvalue weighted by Crippen LogP contribution is -2.29. The Balaban J connectivity index is 0.000000921. The summed E-state index contributed by atoms with van der Waals surface area (Å²) in [6.07, 6.45) is 8.42. The Hall–Kier alpha value is -0.505. The van der Waals surface area contributed by atoms with Crippen molar-refractivity contribution < 1.29 is 0 Å². The number of allylic oxidation sites excluding steroid dienone is 4. The van der Waals surface area contributed by atoms with E-state index in [9.17, 15) is 0 Å². The van der Waals surface area contributed by atoms with E-state index in [1.807, 2.05) is 27.7 Å². The lowest BCUT2D eigenvalue weighted by atomic mass is 9.41. The second-order valence-corrected chi connectivity index (χ2v) is 6.13. The van der Waals surface area contributed by atoms with Crippen molar-refractivity contribution in [1.29, 1.82) is 0 Å². The smallest absolute Gasteiger partial charge is 0.0958 e. The number of hydrogen-bond donors (Lipinski definition) is 0. The summed E-state index contributed by atoms with van der Waals surface area (Å²) in [5, 5.41) is 0. The molecule has 0 amide bonds. The number of halogens is 1. The maximum atomic E-state index is 2.36. The molecular formula is C19H30BI. The molecule has 0 atom stereocenters. The molecule has 0 saturated heterocycles. The van der Waals surface area contributed by atoms with Gasteiger partial charge in [-0.25, -0.2) is 0 Å². The standard InChI is InChI=1S/C15H18BI.2C2H6/c1-12-4-3-5-13(7-6-12)16(2)14-8-10-15(17)11-9-14;2*1-2/h6-11H,3-5H2,1-2H3;2*1-2H3. The summed E-state index contributed by atoms with van der Waals surface area (Å²) in [6.45, 7) is 13.1. The Morgan fingerprint density at radius 1 is 0.905 bits per heavy atom. The van der Waals surface area contributed by atoms with Crippen LogP contribution >= 0.6 is 22.6 Å². The van der Waals surface area contributed by atoms with Crippen LogP contribution in [0.1, 0.15) is 53.9 Å². The summed E-state index contributed by atoms with van der Waals surface area (Å²) in [5.41, 5.74) is 4.52. The van der Waals surface area contributed by atoms with Crippen molar-refractivity contribution in [2.24, 2.45) is 0 Å². The second kappa shape index (κ2) is 12.1. The van der Waals surface area contributed by atoms with Gasteiger partial charge in [-0.1, -0.05) is 75.3 Å². The Kier molecular flexibility index (Phi) is 11.8. The van der Waals surface area contributed by atoms with E-state index in [1.165, 1.54) is 33.9 Å². The van der Waals surface area contributed by atoms with Crippen molar-refractivity contribution in [2.75, 3.05) is 0 Å². The SMILES string of the molecule is CB(C1=CC=C(C)CCC1)c1ccc(I)cc1.CC.CC. The molecule has 21 heavy (non-hydrogen) atoms. The van der Waals surface area contributed by atoms with Gasteiger partial charge in [-0.3, -0.25) is 0 Å². The number of rotatable bonds is 2. The monoisotopic (exact) mass is 396 g/mol. The summed E-state index contributed by atoms with van der Waals surface area (Å²) in [6, 6.07) is 8.92. The van der Waals surface area contributed by atoms with Crippen LogP contribution in [0.3, 0.4) is 0 Å². The largest absolute Gasteiger partial charge is 0.201 e. The van der Waals surface area contributed by atoms with Crippen molar-refractivity contribution in [3.63, 3.8) is 0 Å². The lowest BCUT2D eigenvalue weighted by molar-refractivity contribution is 0.832. The van der Waals surface area contributed by atoms with Crippen molar-refractivity contribution in [2.45, 2.75) is 60.7 Å². The van der Waals surface area contributed by atoms with Crippen molar-refractivity contribution in [1.82, 2.24) is 0 Å². The minimum absolute atomic E-state index is 0.550. The van der Waals surface area contributed by atoms with Crippen LogP contribution in [0.15, 0.2) is 47.5 Å². The third kappa shape index (κ3) is 7.35. The molecule has 0 saturated carbocycles. The molecule has 0 radical (unpaired) electrons. The highest BCUT2D eigenvalue weighted by Gasteiger charge is 2.16. The van der Waals surface area contributed by atoms with E-state index < -0.39 is 0 Å². The maximum Gasteiger partial charge on any atom is 0.201 e. The van der Waals surface area contributed by atoms with Crippen LogP contribution in [0.25, 0.3) is 0 Å². The fraction of sp³-hybridized carbons (Fsp3) is 0.474. The third-order valence-corrected chi connectivity index (χ3v) is 4.26. The molecule has 0 heterocycles. The van der Waals surface area contributed by atoms with Crippen LogP contribution < -0.4 is 5.46 Å². The number of benzene rings is 1. The Labute approximate surface area is 146 Å². The molecule has 0 unspecified atom stereocenters. The molecule has 0 aromatic heterocycles. The van der Waals surface area contributed by atoms with Gasteiger partial charge in [0.25, 0.3) is 0 Å². The van der Waals surface area contributed by atoms with E-state index in [0.717, 1.165) is 0 Å². The van der Waals surface area contributed by atoms with Gasteiger partial charge in [0.15, 0.2) is 0 Å². The average Bonchev–Trinajstić information content (AvgIpc) is 2.76. The first-order chi connectivity index (χ1) is 10.2. The Bertz CT molecular complexity index is 443. The van der Waals surface area contributed by atoms with Crippen LogP contribution in [0, 0.1) is 3.57 Å². The van der Waals surface area contributed by atoms with Gasteiger partial charge in [0.05, 0.1) is 0 Å². The molecule has 1 aromatic carbocycles. The first kappa shape index (κ1) is 20.5. The molecule has 1 aromatic rings. The van der Waals surface area contributed by atoms with Crippen LogP contribution in [0.5, 0.6) is 0 Å². The van der Waals surface area contributed by atoms with Crippen molar-refractivity contribution >= 4 is 34.8 Å². The zero-order valence-corrected chi connectivity index (χ0v) is 16.7. The van der Waals surface area contributed by atoms with Gasteiger partial charge in [-0.05, 0) is 60.9 Å². The van der Waals surface area contributed by atoms with E-state index in [-0.39, 0.29) is 0 Å². The molecule has 2 heteroatoms. The minimum Gasteiger partial charge on any atom is -0.0958 e. The fourth-order valence-corrected chi connectivity index (χ4v) is 2.67. The highest BCUT2D eigenvalue weighted by molar-refractivity contribution is 14.1. The summed E-state index contributed by atoms with van der Waals surface area (Å²) < 4.78 is 1.31. The normalized spacial score (nSPS) is 13.5. The summed E-state index contributed by atoms with van der Waals surface area (Å²) in [7, 11) is 0. The Morgan fingerprint density at radius 3 is 2.05 bits per heavy atom. The van der Waals surface area contributed by atoms with E-state index in [2.05, 4.69) is 72.8 Å². The zero-order valence-electron chi connectivity index (χ0n) is 14.5. The summed E-state index contributed by atoms with van der Waals surface area (Å²) >= 11 is 2.36. The van der Waals surface area contributed by atoms with Gasteiger partial charge < -0.3 is 0 Å². The van der Waals surface area contributed by atoms with Gasteiger partial charge in [-0.2, -0.15) is 0 Å². The average molecular weight is 396 g/mol. The topological polar surface area (TPSA) is 0 Å². The van der Waals surface area contributed by atoms with E-state index in [0.29, 0.717) is 6.71 Å².